The van der Waals surface area contributed by atoms with E-state index in [1.165, 1.54) is 33.4 Å². The van der Waals surface area contributed by atoms with Gasteiger partial charge < -0.3 is 0 Å². The Morgan fingerprint density at radius 1 is 0.467 bits per heavy atom. The third-order valence-corrected chi connectivity index (χ3v) is 48.1. The van der Waals surface area contributed by atoms with Crippen LogP contribution in [0.25, 0.3) is 0 Å². The third kappa shape index (κ3) is 29.3. The first-order chi connectivity index (χ1) is 33.8. The van der Waals surface area contributed by atoms with Crippen molar-refractivity contribution in [1.29, 1.82) is 0 Å². The topological polar surface area (TPSA) is 142 Å². The van der Waals surface area contributed by atoms with E-state index in [0.29, 0.717) is 5.89 Å². The van der Waals surface area contributed by atoms with Gasteiger partial charge >= 0.3 is 493 Å². The quantitative estimate of drug-likeness (QED) is 0.0946. The summed E-state index contributed by atoms with van der Waals surface area (Å²) in [5.41, 5.74) is 4.92. The molecular weight excluding hydrogens is 1680 g/mol. The van der Waals surface area contributed by atoms with E-state index in [-0.39, 0.29) is 0 Å². The molecule has 0 unspecified atom stereocenters. The molecule has 0 spiro atoms. The Morgan fingerprint density at radius 2 is 1.00 bits per heavy atom. The number of nitrogens with zero attached hydrogens (tertiary/aromatic N) is 9. The van der Waals surface area contributed by atoms with E-state index in [1.807, 2.05) is 49.8 Å². The van der Waals surface area contributed by atoms with E-state index < -0.39 is 129 Å². The van der Waals surface area contributed by atoms with Crippen LogP contribution in [-0.4, -0.2) is 178 Å². The van der Waals surface area contributed by atoms with E-state index in [1.54, 1.807) is 17.4 Å². The summed E-state index contributed by atoms with van der Waals surface area (Å²) < 4.78 is 15.2. The summed E-state index contributed by atoms with van der Waals surface area (Å²) in [4.78, 5) is 83.3. The van der Waals surface area contributed by atoms with Gasteiger partial charge in [0.15, 0.2) is 0 Å². The Balaban J connectivity index is 0.000000438. The van der Waals surface area contributed by atoms with Crippen LogP contribution in [-0.2, 0) is 14.1 Å². The Hall–Kier alpha value is -0.319. The van der Waals surface area contributed by atoms with Crippen molar-refractivity contribution in [3.63, 3.8) is 0 Å². The molecule has 1 N–H and O–H groups in total. The van der Waals surface area contributed by atoms with E-state index in [2.05, 4.69) is 232 Å². The van der Waals surface area contributed by atoms with Crippen LogP contribution in [0, 0.1) is 41.5 Å². The van der Waals surface area contributed by atoms with Crippen LogP contribution in [0.15, 0.2) is 90.4 Å². The van der Waals surface area contributed by atoms with Crippen molar-refractivity contribution in [3.05, 3.63) is 120 Å². The number of aromatic amines is 1. The Kier molecular flexibility index (Phi) is 30.2. The van der Waals surface area contributed by atoms with Crippen LogP contribution in [0.4, 0.5) is 0 Å². The summed E-state index contributed by atoms with van der Waals surface area (Å²) in [7, 11) is 4.10. The summed E-state index contributed by atoms with van der Waals surface area (Å²) in [5.74, 6) is 1.54. The molecule has 416 valence electrons. The third-order valence-electron chi connectivity index (χ3n) is 11.3. The SMILES string of the molecule is Cc1cc(C)n[c]([Sn]([CH3])([CH3])[CH3])c1.Cc1cc[c]([Sn]([CH3])([CH3])[CH3])nc1.Cc1ccc[c]([Sn]([CH3])([CH3])[CH3])n1.Cc1n[c]([Sn]([CH3])([CH3])[CH3])c[o+]1[O-].Cc1nc[c]([Sn]([CH3])([CH3])[CH3])[nH]1.Cn1cn[c]([Sn]([CH3])([CH3])[CH3])c1.Cn1cnc[c]1[Sn]([CH3])([CH3])[CH3]. The fourth-order valence-corrected chi connectivity index (χ4v) is 29.1. The van der Waals surface area contributed by atoms with Crippen LogP contribution in [0.3, 0.4) is 0 Å². The molecule has 0 fully saturated rings. The molecule has 0 bridgehead atoms. The van der Waals surface area contributed by atoms with Gasteiger partial charge in [0, 0.05) is 0 Å². The first-order valence-corrected chi connectivity index (χ1v) is 96.2. The van der Waals surface area contributed by atoms with Gasteiger partial charge in [0.05, 0.1) is 0 Å². The van der Waals surface area contributed by atoms with Crippen molar-refractivity contribution in [2.75, 3.05) is 0 Å². The molecule has 12 nitrogen and oxygen atoms in total. The minimum absolute atomic E-state index is 0.492. The van der Waals surface area contributed by atoms with Gasteiger partial charge in [-0.3, -0.25) is 0 Å². The predicted octanol–water partition coefficient (Wildman–Crippen LogP) is 9.65. The van der Waals surface area contributed by atoms with E-state index in [9.17, 15) is 5.26 Å². The molecule has 0 aromatic carbocycles. The van der Waals surface area contributed by atoms with Crippen molar-refractivity contribution < 1.29 is 9.46 Å². The molecule has 7 aromatic rings. The number of imidazole rings is 3. The van der Waals surface area contributed by atoms with E-state index >= 15 is 0 Å². The molecule has 0 aliphatic rings. The summed E-state index contributed by atoms with van der Waals surface area (Å²) in [6.07, 6.45) is 13.4. The Morgan fingerprint density at radius 3 is 1.28 bits per heavy atom. The number of pyridine rings is 3. The molecule has 19 heteroatoms. The second kappa shape index (κ2) is 31.2. The molecular formula is C56H102N10O2Sn7. The molecule has 0 saturated carbocycles. The number of oxazole rings is 1. The number of H-pyrrole nitrogens is 1. The molecule has 7 rings (SSSR count). The maximum atomic E-state index is 10.9. The zero-order valence-corrected chi connectivity index (χ0v) is 72.4. The van der Waals surface area contributed by atoms with Crippen molar-refractivity contribution in [3.8, 4) is 0 Å². The van der Waals surface area contributed by atoms with Gasteiger partial charge in [0.1, 0.15) is 0 Å². The fourth-order valence-electron chi connectivity index (χ4n) is 6.55. The van der Waals surface area contributed by atoms with Crippen molar-refractivity contribution in [2.45, 2.75) is 145 Å². The standard InChI is InChI=1S/C7H8N.2C6H6N.3C4H5N2.C4H4NO2.21CH3.7Sn/c1-6-3-4-8-7(2)5-6;1-6-3-2-4-7-5-6;1-6-4-2-3-5-7-6;2*1-6-3-2-5-4-6;1-4-5-2-3-6-4;1-4-5-2-3-7(4)6;;;;;;;;;;;;;;;;;;;;;;;;;;;;/h3,5H,1-2H3;2-3,5H,1H3;2-4H,1H3;3-4H,1H3;2,4H,1H3;2H,1H3,(H,5,6);3H,1H3;21*1H3;;;;;;;. The second-order valence-electron chi connectivity index (χ2n) is 26.9. The van der Waals surface area contributed by atoms with Crippen molar-refractivity contribution in [2.24, 2.45) is 14.1 Å². The molecule has 0 atom stereocenters. The van der Waals surface area contributed by atoms with Crippen LogP contribution >= 0.6 is 0 Å². The second-order valence-corrected chi connectivity index (χ2v) is 127. The normalized spacial score (nSPS) is 11.9. The van der Waals surface area contributed by atoms with Gasteiger partial charge in [-0.1, -0.05) is 0 Å². The van der Waals surface area contributed by atoms with Gasteiger partial charge in [0.25, 0.3) is 0 Å². The number of hydrogen-bond acceptors (Lipinski definition) is 8. The minimum atomic E-state index is -2.09. The van der Waals surface area contributed by atoms with Crippen molar-refractivity contribution in [1.82, 2.24) is 49.0 Å². The summed E-state index contributed by atoms with van der Waals surface area (Å²) in [6.45, 7) is 12.1. The van der Waals surface area contributed by atoms with Crippen LogP contribution in [0.5, 0.6) is 0 Å². The van der Waals surface area contributed by atoms with Gasteiger partial charge in [0.2, 0.25) is 0 Å². The monoisotopic (exact) mass is 1790 g/mol. The summed E-state index contributed by atoms with van der Waals surface area (Å²) in [6, 6.07) is 15.1. The molecule has 75 heavy (non-hydrogen) atoms. The summed E-state index contributed by atoms with van der Waals surface area (Å²) in [5, 5.41) is 10.9. The van der Waals surface area contributed by atoms with Gasteiger partial charge in [-0.25, -0.2) is 0 Å². The number of nitrogens with one attached hydrogen (secondary N) is 1. The first kappa shape index (κ1) is 72.7. The van der Waals surface area contributed by atoms with Gasteiger partial charge in [-0.2, -0.15) is 0 Å². The van der Waals surface area contributed by atoms with E-state index in [0.717, 1.165) is 20.9 Å². The van der Waals surface area contributed by atoms with Gasteiger partial charge in [-0.05, 0) is 0 Å². The maximum absolute atomic E-state index is 10.9. The van der Waals surface area contributed by atoms with Crippen LogP contribution < -0.4 is 31.2 Å². The molecule has 0 aliphatic heterocycles. The number of rotatable bonds is 7. The zero-order chi connectivity index (χ0) is 58.3. The number of aromatic nitrogens is 10. The Bertz CT molecular complexity index is 2680. The molecule has 7 aromatic heterocycles. The predicted molar refractivity (Wildman–Crippen MR) is 343 cm³/mol. The van der Waals surface area contributed by atoms with Crippen molar-refractivity contribution >= 4 is 155 Å². The first-order valence-electron chi connectivity index (χ1n) is 26.3. The summed E-state index contributed by atoms with van der Waals surface area (Å²) >= 11 is -13.2. The molecule has 0 amide bonds. The Labute approximate surface area is 485 Å². The average Bonchev–Trinajstić information content (AvgIpc) is 4.06. The molecule has 7 heterocycles. The molecule has 0 radical (unpaired) electrons. The van der Waals surface area contributed by atoms with E-state index in [4.69, 9.17) is 0 Å². The number of hydrogen-bond donors (Lipinski definition) is 1. The molecule has 0 saturated heterocycles. The molecule has 0 aliphatic carbocycles. The van der Waals surface area contributed by atoms with Crippen LogP contribution in [0.2, 0.25) is 104 Å². The van der Waals surface area contributed by atoms with Crippen LogP contribution in [0.1, 0.15) is 34.2 Å². The van der Waals surface area contributed by atoms with Gasteiger partial charge in [-0.15, -0.1) is 0 Å². The number of aryl methyl sites for hydroxylation is 8. The fraction of sp³-hybridized carbons (Fsp3) is 0.518. The average molecular weight is 1780 g/mol. The zero-order valence-electron chi connectivity index (χ0n) is 52.4.